The zero-order valence-corrected chi connectivity index (χ0v) is 9.22. The van der Waals surface area contributed by atoms with Crippen molar-refractivity contribution in [3.05, 3.63) is 27.7 Å². The number of rotatable bonds is 3. The molecular weight excluding hydrogens is 232 g/mol. The van der Waals surface area contributed by atoms with Gasteiger partial charge in [0.05, 0.1) is 11.6 Å². The smallest absolute Gasteiger partial charge is 0.136 e. The van der Waals surface area contributed by atoms with Gasteiger partial charge in [-0.2, -0.15) is 0 Å². The second-order valence-corrected chi connectivity index (χ2v) is 3.60. The molecule has 13 heavy (non-hydrogen) atoms. The van der Waals surface area contributed by atoms with Gasteiger partial charge in [0.15, 0.2) is 0 Å². The molecule has 0 saturated carbocycles. The van der Waals surface area contributed by atoms with E-state index in [0.717, 1.165) is 27.6 Å². The van der Waals surface area contributed by atoms with Crippen LogP contribution in [0.1, 0.15) is 11.1 Å². The summed E-state index contributed by atoms with van der Waals surface area (Å²) < 4.78 is 6.09. The van der Waals surface area contributed by atoms with Gasteiger partial charge >= 0.3 is 0 Å². The monoisotopic (exact) mass is 242 g/mol. The van der Waals surface area contributed by atoms with E-state index in [1.54, 1.807) is 7.11 Å². The molecule has 0 aliphatic heterocycles. The number of carbonyl (C=O) groups is 1. The number of methoxy groups -OCH3 is 1. The van der Waals surface area contributed by atoms with E-state index >= 15 is 0 Å². The molecule has 1 aromatic carbocycles. The second kappa shape index (κ2) is 4.42. The average molecular weight is 243 g/mol. The highest BCUT2D eigenvalue weighted by Crippen LogP contribution is 2.31. The van der Waals surface area contributed by atoms with Gasteiger partial charge in [-0.3, -0.25) is 0 Å². The van der Waals surface area contributed by atoms with Crippen molar-refractivity contribution in [3.63, 3.8) is 0 Å². The molecule has 2 nitrogen and oxygen atoms in total. The molecule has 70 valence electrons. The Morgan fingerprint density at radius 2 is 2.23 bits per heavy atom. The quantitative estimate of drug-likeness (QED) is 0.762. The lowest BCUT2D eigenvalue weighted by Crippen LogP contribution is -1.97. The summed E-state index contributed by atoms with van der Waals surface area (Å²) in [7, 11) is 1.60. The van der Waals surface area contributed by atoms with E-state index in [4.69, 9.17) is 4.74 Å². The first-order chi connectivity index (χ1) is 6.20. The summed E-state index contributed by atoms with van der Waals surface area (Å²) >= 11 is 3.37. The molecule has 0 saturated heterocycles. The largest absolute Gasteiger partial charge is 0.495 e. The molecule has 0 atom stereocenters. The normalized spacial score (nSPS) is 9.77. The van der Waals surface area contributed by atoms with E-state index in [1.807, 2.05) is 19.1 Å². The number of carbonyl (C=O) groups excluding carboxylic acids is 1. The standard InChI is InChI=1S/C10H11BrO2/c1-7-3-4-9(11)10(13-2)8(7)5-6-12/h3-4,6H,5H2,1-2H3. The van der Waals surface area contributed by atoms with Crippen LogP contribution in [-0.2, 0) is 11.2 Å². The van der Waals surface area contributed by atoms with E-state index in [9.17, 15) is 4.79 Å². The van der Waals surface area contributed by atoms with Crippen LogP contribution in [0.2, 0.25) is 0 Å². The minimum absolute atomic E-state index is 0.397. The number of hydrogen-bond acceptors (Lipinski definition) is 2. The predicted molar refractivity (Wildman–Crippen MR) is 55.2 cm³/mol. The summed E-state index contributed by atoms with van der Waals surface area (Å²) in [6.07, 6.45) is 1.28. The highest BCUT2D eigenvalue weighted by molar-refractivity contribution is 9.10. The molecule has 3 heteroatoms. The van der Waals surface area contributed by atoms with Crippen molar-refractivity contribution in [2.45, 2.75) is 13.3 Å². The lowest BCUT2D eigenvalue weighted by atomic mass is 10.1. The van der Waals surface area contributed by atoms with Crippen molar-refractivity contribution in [2.75, 3.05) is 7.11 Å². The molecule has 0 radical (unpaired) electrons. The molecule has 0 bridgehead atoms. The maximum atomic E-state index is 10.4. The third kappa shape index (κ3) is 2.10. The van der Waals surface area contributed by atoms with Crippen LogP contribution < -0.4 is 4.74 Å². The van der Waals surface area contributed by atoms with Crippen molar-refractivity contribution in [3.8, 4) is 5.75 Å². The zero-order valence-electron chi connectivity index (χ0n) is 7.63. The molecule has 0 aromatic heterocycles. The summed E-state index contributed by atoms with van der Waals surface area (Å²) in [5, 5.41) is 0. The molecule has 0 aliphatic carbocycles. The van der Waals surface area contributed by atoms with E-state index in [-0.39, 0.29) is 0 Å². The van der Waals surface area contributed by atoms with Gasteiger partial charge in [-0.25, -0.2) is 0 Å². The Bertz CT molecular complexity index is 321. The molecule has 0 N–H and O–H groups in total. The first-order valence-electron chi connectivity index (χ1n) is 3.96. The van der Waals surface area contributed by atoms with Crippen LogP contribution in [0.4, 0.5) is 0 Å². The minimum Gasteiger partial charge on any atom is -0.495 e. The Labute approximate surface area is 86.0 Å². The number of aldehydes is 1. The highest BCUT2D eigenvalue weighted by atomic mass is 79.9. The number of halogens is 1. The van der Waals surface area contributed by atoms with Gasteiger partial charge in [0.25, 0.3) is 0 Å². The van der Waals surface area contributed by atoms with Crippen molar-refractivity contribution in [2.24, 2.45) is 0 Å². The van der Waals surface area contributed by atoms with Crippen molar-refractivity contribution >= 4 is 22.2 Å². The van der Waals surface area contributed by atoms with E-state index < -0.39 is 0 Å². The molecule has 0 unspecified atom stereocenters. The predicted octanol–water partition coefficient (Wildman–Crippen LogP) is 2.51. The molecule has 1 rings (SSSR count). The summed E-state index contributed by atoms with van der Waals surface area (Å²) in [6.45, 7) is 1.97. The first kappa shape index (κ1) is 10.3. The lowest BCUT2D eigenvalue weighted by Gasteiger charge is -2.10. The fourth-order valence-corrected chi connectivity index (χ4v) is 1.79. The third-order valence-corrected chi connectivity index (χ3v) is 2.56. The fraction of sp³-hybridized carbons (Fsp3) is 0.300. The Balaban J connectivity index is 3.25. The third-order valence-electron chi connectivity index (χ3n) is 1.94. The van der Waals surface area contributed by atoms with Gasteiger partial charge in [-0.05, 0) is 34.5 Å². The van der Waals surface area contributed by atoms with Gasteiger partial charge in [-0.15, -0.1) is 0 Å². The summed E-state index contributed by atoms with van der Waals surface area (Å²) in [4.78, 5) is 10.4. The topological polar surface area (TPSA) is 26.3 Å². The molecule has 1 aromatic rings. The van der Waals surface area contributed by atoms with E-state index in [1.165, 1.54) is 0 Å². The number of hydrogen-bond donors (Lipinski definition) is 0. The lowest BCUT2D eigenvalue weighted by molar-refractivity contribution is -0.107. The number of benzene rings is 1. The maximum Gasteiger partial charge on any atom is 0.136 e. The summed E-state index contributed by atoms with van der Waals surface area (Å²) in [5.74, 6) is 0.757. The van der Waals surface area contributed by atoms with Crippen LogP contribution in [0.5, 0.6) is 5.75 Å². The van der Waals surface area contributed by atoms with Crippen LogP contribution in [0.3, 0.4) is 0 Å². The minimum atomic E-state index is 0.397. The summed E-state index contributed by atoms with van der Waals surface area (Å²) in [6, 6.07) is 3.88. The van der Waals surface area contributed by atoms with Crippen molar-refractivity contribution in [1.82, 2.24) is 0 Å². The molecule has 0 amide bonds. The van der Waals surface area contributed by atoms with Crippen LogP contribution in [-0.4, -0.2) is 13.4 Å². The van der Waals surface area contributed by atoms with Gasteiger partial charge in [0, 0.05) is 12.0 Å². The Morgan fingerprint density at radius 3 is 2.77 bits per heavy atom. The van der Waals surface area contributed by atoms with Crippen LogP contribution in [0.15, 0.2) is 16.6 Å². The molecule has 0 fully saturated rings. The number of ether oxygens (including phenoxy) is 1. The van der Waals surface area contributed by atoms with Crippen molar-refractivity contribution in [1.29, 1.82) is 0 Å². The van der Waals surface area contributed by atoms with Crippen LogP contribution >= 0.6 is 15.9 Å². The Morgan fingerprint density at radius 1 is 1.54 bits per heavy atom. The van der Waals surface area contributed by atoms with Crippen LogP contribution in [0.25, 0.3) is 0 Å². The SMILES string of the molecule is COc1c(Br)ccc(C)c1CC=O. The fourth-order valence-electron chi connectivity index (χ4n) is 1.26. The van der Waals surface area contributed by atoms with E-state index in [0.29, 0.717) is 6.42 Å². The van der Waals surface area contributed by atoms with Gasteiger partial charge in [-0.1, -0.05) is 6.07 Å². The van der Waals surface area contributed by atoms with Gasteiger partial charge in [0.2, 0.25) is 0 Å². The highest BCUT2D eigenvalue weighted by Gasteiger charge is 2.09. The van der Waals surface area contributed by atoms with E-state index in [2.05, 4.69) is 15.9 Å². The second-order valence-electron chi connectivity index (χ2n) is 2.75. The molecule has 0 spiro atoms. The summed E-state index contributed by atoms with van der Waals surface area (Å²) in [5.41, 5.74) is 2.03. The average Bonchev–Trinajstić information content (AvgIpc) is 2.12. The molecule has 0 heterocycles. The zero-order chi connectivity index (χ0) is 9.84. The Hall–Kier alpha value is -0.830. The Kier molecular flexibility index (Phi) is 3.48. The van der Waals surface area contributed by atoms with Gasteiger partial charge in [0.1, 0.15) is 12.0 Å². The van der Waals surface area contributed by atoms with Crippen LogP contribution in [0, 0.1) is 6.92 Å². The maximum absolute atomic E-state index is 10.4. The van der Waals surface area contributed by atoms with Crippen molar-refractivity contribution < 1.29 is 9.53 Å². The molecular formula is C10H11BrO2. The molecule has 0 aliphatic rings. The van der Waals surface area contributed by atoms with Gasteiger partial charge < -0.3 is 9.53 Å². The first-order valence-corrected chi connectivity index (χ1v) is 4.75. The number of aryl methyl sites for hydroxylation is 1.